The first-order valence-electron chi connectivity index (χ1n) is 10.5. The van der Waals surface area contributed by atoms with Gasteiger partial charge in [-0.05, 0) is 35.2 Å². The van der Waals surface area contributed by atoms with Crippen LogP contribution in [-0.2, 0) is 11.3 Å². The number of aliphatic hydroxyl groups is 1. The average Bonchev–Trinajstić information content (AvgIpc) is 2.81. The molecule has 1 aliphatic heterocycles. The Morgan fingerprint density at radius 2 is 1.53 bits per heavy atom. The van der Waals surface area contributed by atoms with Crippen LogP contribution in [0.5, 0.6) is 5.75 Å². The predicted octanol–water partition coefficient (Wildman–Crippen LogP) is 4.14. The topological polar surface area (TPSA) is 50.7 Å². The van der Waals surface area contributed by atoms with E-state index >= 15 is 0 Å². The second-order valence-corrected chi connectivity index (χ2v) is 7.81. The fraction of sp³-hybridized carbons (Fsp3) is 0.308. The molecule has 1 heterocycles. The van der Waals surface area contributed by atoms with E-state index in [1.165, 1.54) is 11.1 Å². The standard InChI is InChI=1S/C26H29NO3/c1-29-22-14-12-19(13-15-22)17-27-23-16-25(30-18-24(23)28)26(20-8-4-2-5-9-20)21-10-6-3-7-11-21/h2-15,23-28H,16-18H2,1H3/t23?,24-,25+/m0/s1. The van der Waals surface area contributed by atoms with Gasteiger partial charge in [-0.2, -0.15) is 0 Å². The van der Waals surface area contributed by atoms with Crippen LogP contribution in [0.4, 0.5) is 0 Å². The molecule has 1 saturated heterocycles. The minimum absolute atomic E-state index is 0.00781. The van der Waals surface area contributed by atoms with Gasteiger partial charge in [0.05, 0.1) is 25.9 Å². The smallest absolute Gasteiger partial charge is 0.118 e. The molecule has 4 rings (SSSR count). The Bertz CT molecular complexity index is 859. The minimum atomic E-state index is -0.522. The predicted molar refractivity (Wildman–Crippen MR) is 119 cm³/mol. The molecule has 0 bridgehead atoms. The van der Waals surface area contributed by atoms with Gasteiger partial charge in [-0.3, -0.25) is 0 Å². The molecule has 156 valence electrons. The molecule has 0 radical (unpaired) electrons. The summed E-state index contributed by atoms with van der Waals surface area (Å²) < 4.78 is 11.4. The van der Waals surface area contributed by atoms with Crippen LogP contribution in [0, 0.1) is 0 Å². The normalized spacial score (nSPS) is 21.5. The molecule has 3 aromatic carbocycles. The van der Waals surface area contributed by atoms with Crippen molar-refractivity contribution in [3.63, 3.8) is 0 Å². The van der Waals surface area contributed by atoms with E-state index in [-0.39, 0.29) is 18.1 Å². The van der Waals surface area contributed by atoms with Gasteiger partial charge in [0.15, 0.2) is 0 Å². The van der Waals surface area contributed by atoms with Gasteiger partial charge in [0.25, 0.3) is 0 Å². The third-order valence-electron chi connectivity index (χ3n) is 5.85. The van der Waals surface area contributed by atoms with Crippen molar-refractivity contribution >= 4 is 0 Å². The van der Waals surface area contributed by atoms with Gasteiger partial charge < -0.3 is 19.9 Å². The molecule has 2 N–H and O–H groups in total. The summed E-state index contributed by atoms with van der Waals surface area (Å²) in [4.78, 5) is 0. The zero-order valence-corrected chi connectivity index (χ0v) is 17.3. The van der Waals surface area contributed by atoms with E-state index < -0.39 is 6.10 Å². The molecule has 1 aliphatic rings. The molecule has 4 heteroatoms. The quantitative estimate of drug-likeness (QED) is 0.623. The summed E-state index contributed by atoms with van der Waals surface area (Å²) in [5.74, 6) is 0.976. The van der Waals surface area contributed by atoms with E-state index in [1.807, 2.05) is 36.4 Å². The molecule has 3 aromatic rings. The van der Waals surface area contributed by atoms with Gasteiger partial charge >= 0.3 is 0 Å². The molecular formula is C26H29NO3. The Morgan fingerprint density at radius 1 is 0.933 bits per heavy atom. The van der Waals surface area contributed by atoms with Gasteiger partial charge in [0, 0.05) is 18.5 Å². The van der Waals surface area contributed by atoms with Crippen LogP contribution >= 0.6 is 0 Å². The summed E-state index contributed by atoms with van der Waals surface area (Å²) >= 11 is 0. The molecule has 1 fully saturated rings. The van der Waals surface area contributed by atoms with Crippen molar-refractivity contribution in [2.45, 2.75) is 37.1 Å². The first-order chi connectivity index (χ1) is 14.7. The van der Waals surface area contributed by atoms with Gasteiger partial charge in [0.2, 0.25) is 0 Å². The third-order valence-corrected chi connectivity index (χ3v) is 5.85. The lowest BCUT2D eigenvalue weighted by Gasteiger charge is -2.38. The van der Waals surface area contributed by atoms with Crippen LogP contribution in [0.1, 0.15) is 29.0 Å². The number of hydrogen-bond acceptors (Lipinski definition) is 4. The first kappa shape index (κ1) is 20.6. The highest BCUT2D eigenvalue weighted by Crippen LogP contribution is 2.34. The average molecular weight is 404 g/mol. The van der Waals surface area contributed by atoms with Gasteiger partial charge in [0.1, 0.15) is 5.75 Å². The molecule has 0 aromatic heterocycles. The van der Waals surface area contributed by atoms with Crippen molar-refractivity contribution in [1.82, 2.24) is 5.32 Å². The lowest BCUT2D eigenvalue weighted by Crippen LogP contribution is -2.50. The van der Waals surface area contributed by atoms with E-state index in [0.717, 1.165) is 17.7 Å². The summed E-state index contributed by atoms with van der Waals surface area (Å²) in [7, 11) is 1.67. The van der Waals surface area contributed by atoms with Gasteiger partial charge in [-0.1, -0.05) is 72.8 Å². The van der Waals surface area contributed by atoms with E-state index in [0.29, 0.717) is 13.2 Å². The maximum atomic E-state index is 10.6. The molecule has 1 unspecified atom stereocenters. The molecule has 30 heavy (non-hydrogen) atoms. The highest BCUT2D eigenvalue weighted by atomic mass is 16.5. The lowest BCUT2D eigenvalue weighted by atomic mass is 9.82. The van der Waals surface area contributed by atoms with Crippen LogP contribution in [-0.4, -0.2) is 37.1 Å². The highest BCUT2D eigenvalue weighted by Gasteiger charge is 2.35. The van der Waals surface area contributed by atoms with Crippen molar-refractivity contribution in [3.8, 4) is 5.75 Å². The Hall–Kier alpha value is -2.66. The second kappa shape index (κ2) is 9.90. The lowest BCUT2D eigenvalue weighted by molar-refractivity contribution is -0.0791. The van der Waals surface area contributed by atoms with E-state index in [1.54, 1.807) is 7.11 Å². The largest absolute Gasteiger partial charge is 0.497 e. The molecule has 0 saturated carbocycles. The molecule has 0 amide bonds. The number of nitrogens with one attached hydrogen (secondary N) is 1. The monoisotopic (exact) mass is 403 g/mol. The van der Waals surface area contributed by atoms with Gasteiger partial charge in [-0.25, -0.2) is 0 Å². The number of aliphatic hydroxyl groups excluding tert-OH is 1. The fourth-order valence-electron chi connectivity index (χ4n) is 4.20. The summed E-state index contributed by atoms with van der Waals surface area (Å²) in [6, 6.07) is 29.0. The van der Waals surface area contributed by atoms with Crippen LogP contribution in [0.15, 0.2) is 84.9 Å². The zero-order valence-electron chi connectivity index (χ0n) is 17.3. The zero-order chi connectivity index (χ0) is 20.8. The van der Waals surface area contributed by atoms with E-state index in [2.05, 4.69) is 53.8 Å². The Kier molecular flexibility index (Phi) is 6.80. The van der Waals surface area contributed by atoms with Crippen LogP contribution in [0.3, 0.4) is 0 Å². The van der Waals surface area contributed by atoms with E-state index in [9.17, 15) is 5.11 Å². The molecule has 0 spiro atoms. The van der Waals surface area contributed by atoms with E-state index in [4.69, 9.17) is 9.47 Å². The number of ether oxygens (including phenoxy) is 2. The molecule has 3 atom stereocenters. The van der Waals surface area contributed by atoms with Crippen molar-refractivity contribution in [2.24, 2.45) is 0 Å². The maximum Gasteiger partial charge on any atom is 0.118 e. The van der Waals surface area contributed by atoms with Crippen molar-refractivity contribution in [3.05, 3.63) is 102 Å². The molecule has 4 nitrogen and oxygen atoms in total. The summed E-state index contributed by atoms with van der Waals surface area (Å²) in [5, 5.41) is 14.1. The van der Waals surface area contributed by atoms with Crippen molar-refractivity contribution in [2.75, 3.05) is 13.7 Å². The summed E-state index contributed by atoms with van der Waals surface area (Å²) in [5.41, 5.74) is 3.63. The SMILES string of the molecule is COc1ccc(CNC2C[C@H](C(c3ccccc3)c3ccccc3)OC[C@@H]2O)cc1. The van der Waals surface area contributed by atoms with Crippen LogP contribution in [0.25, 0.3) is 0 Å². The summed E-state index contributed by atoms with van der Waals surface area (Å²) in [6.45, 7) is 1.03. The maximum absolute atomic E-state index is 10.6. The van der Waals surface area contributed by atoms with Crippen LogP contribution < -0.4 is 10.1 Å². The van der Waals surface area contributed by atoms with Gasteiger partial charge in [-0.15, -0.1) is 0 Å². The number of hydrogen-bond donors (Lipinski definition) is 2. The number of benzene rings is 3. The number of rotatable bonds is 7. The molecule has 0 aliphatic carbocycles. The first-order valence-corrected chi connectivity index (χ1v) is 10.5. The highest BCUT2D eigenvalue weighted by molar-refractivity contribution is 5.34. The number of methoxy groups -OCH3 is 1. The Labute approximate surface area is 178 Å². The fourth-order valence-corrected chi connectivity index (χ4v) is 4.20. The minimum Gasteiger partial charge on any atom is -0.497 e. The summed E-state index contributed by atoms with van der Waals surface area (Å²) in [6.07, 6.45) is 0.212. The Balaban J connectivity index is 1.49. The van der Waals surface area contributed by atoms with Crippen molar-refractivity contribution in [1.29, 1.82) is 0 Å². The third kappa shape index (κ3) is 4.90. The molecular weight excluding hydrogens is 374 g/mol. The van der Waals surface area contributed by atoms with Crippen molar-refractivity contribution < 1.29 is 14.6 Å². The van der Waals surface area contributed by atoms with Crippen LogP contribution in [0.2, 0.25) is 0 Å². The Morgan fingerprint density at radius 3 is 2.10 bits per heavy atom. The second-order valence-electron chi connectivity index (χ2n) is 7.81.